The fourth-order valence-corrected chi connectivity index (χ4v) is 3.35. The van der Waals surface area contributed by atoms with Crippen molar-refractivity contribution in [1.29, 1.82) is 0 Å². The minimum Gasteiger partial charge on any atom is -0.434 e. The molecule has 1 aromatic carbocycles. The molecule has 2 aliphatic heterocycles. The van der Waals surface area contributed by atoms with Gasteiger partial charge in [0.1, 0.15) is 0 Å². The molecule has 0 saturated carbocycles. The van der Waals surface area contributed by atoms with Crippen molar-refractivity contribution in [2.45, 2.75) is 12.7 Å². The minimum absolute atomic E-state index is 0.320. The van der Waals surface area contributed by atoms with Crippen molar-refractivity contribution in [2.24, 2.45) is 0 Å². The van der Waals surface area contributed by atoms with Crippen LogP contribution >= 0.6 is 0 Å². The van der Waals surface area contributed by atoms with Crippen LogP contribution in [0.3, 0.4) is 0 Å². The molecule has 132 valence electrons. The zero-order valence-electron chi connectivity index (χ0n) is 14.1. The highest BCUT2D eigenvalue weighted by molar-refractivity contribution is 5.81. The maximum absolute atomic E-state index is 6.12. The highest BCUT2D eigenvalue weighted by Crippen LogP contribution is 2.28. The fraction of sp³-hybridized carbons (Fsp3) is 0.333. The maximum atomic E-state index is 6.12. The van der Waals surface area contributed by atoms with Gasteiger partial charge in [0.15, 0.2) is 5.82 Å². The van der Waals surface area contributed by atoms with Crippen LogP contribution in [0.1, 0.15) is 5.56 Å². The monoisotopic (exact) mass is 350 g/mol. The first-order valence-corrected chi connectivity index (χ1v) is 8.71. The third kappa shape index (κ3) is 2.78. The molecule has 0 spiro atoms. The van der Waals surface area contributed by atoms with E-state index in [0.717, 1.165) is 48.5 Å². The van der Waals surface area contributed by atoms with Gasteiger partial charge in [-0.2, -0.15) is 4.98 Å². The van der Waals surface area contributed by atoms with Crippen molar-refractivity contribution in [1.82, 2.24) is 25.3 Å². The Hall–Kier alpha value is -3.00. The summed E-state index contributed by atoms with van der Waals surface area (Å²) in [7, 11) is 0. The second-order valence-electron chi connectivity index (χ2n) is 6.30. The highest BCUT2D eigenvalue weighted by atomic mass is 16.7. The van der Waals surface area contributed by atoms with Gasteiger partial charge in [0.2, 0.25) is 0 Å². The summed E-state index contributed by atoms with van der Waals surface area (Å²) < 4.78 is 12.0. The SMILES string of the molecule is c1cc2c3nc(ncc3c1)OC(Oc1nccnc1N1CCNCC1)C2. The molecule has 1 unspecified atom stereocenters. The number of anilines is 1. The lowest BCUT2D eigenvalue weighted by molar-refractivity contribution is -0.00159. The number of hydrogen-bond donors (Lipinski definition) is 1. The number of para-hydroxylation sites is 1. The molecule has 5 rings (SSSR count). The molecule has 4 heterocycles. The molecule has 0 aliphatic carbocycles. The summed E-state index contributed by atoms with van der Waals surface area (Å²) >= 11 is 0. The second-order valence-corrected chi connectivity index (χ2v) is 6.30. The number of benzene rings is 1. The summed E-state index contributed by atoms with van der Waals surface area (Å²) in [5, 5.41) is 4.33. The van der Waals surface area contributed by atoms with E-state index in [2.05, 4.69) is 30.2 Å². The summed E-state index contributed by atoms with van der Waals surface area (Å²) in [5.41, 5.74) is 1.98. The van der Waals surface area contributed by atoms with Crippen molar-refractivity contribution in [3.05, 3.63) is 42.4 Å². The molecule has 1 atom stereocenters. The Morgan fingerprint density at radius 3 is 2.92 bits per heavy atom. The average molecular weight is 350 g/mol. The third-order valence-corrected chi connectivity index (χ3v) is 4.60. The van der Waals surface area contributed by atoms with E-state index in [4.69, 9.17) is 9.47 Å². The average Bonchev–Trinajstić information content (AvgIpc) is 2.85. The van der Waals surface area contributed by atoms with Gasteiger partial charge in [0.05, 0.1) is 5.52 Å². The van der Waals surface area contributed by atoms with Gasteiger partial charge in [-0.05, 0) is 5.56 Å². The van der Waals surface area contributed by atoms with Crippen molar-refractivity contribution in [2.75, 3.05) is 31.1 Å². The van der Waals surface area contributed by atoms with Gasteiger partial charge in [0.25, 0.3) is 12.2 Å². The topological polar surface area (TPSA) is 85.3 Å². The number of fused-ring (bicyclic) bond motifs is 1. The molecule has 8 nitrogen and oxygen atoms in total. The summed E-state index contributed by atoms with van der Waals surface area (Å²) in [6.07, 6.45) is 5.11. The number of hydrogen-bond acceptors (Lipinski definition) is 8. The first-order chi connectivity index (χ1) is 12.9. The zero-order valence-corrected chi connectivity index (χ0v) is 14.1. The van der Waals surface area contributed by atoms with Gasteiger partial charge in [-0.1, -0.05) is 18.2 Å². The van der Waals surface area contributed by atoms with Gasteiger partial charge in [-0.3, -0.25) is 0 Å². The number of aromatic nitrogens is 4. The molecule has 1 saturated heterocycles. The Morgan fingerprint density at radius 2 is 2.00 bits per heavy atom. The van der Waals surface area contributed by atoms with Crippen molar-refractivity contribution < 1.29 is 9.47 Å². The molecule has 1 N–H and O–H groups in total. The Labute approximate surface area is 150 Å². The fourth-order valence-electron chi connectivity index (χ4n) is 3.35. The van der Waals surface area contributed by atoms with Gasteiger partial charge < -0.3 is 19.7 Å². The van der Waals surface area contributed by atoms with Crippen molar-refractivity contribution in [3.63, 3.8) is 0 Å². The van der Waals surface area contributed by atoms with Crippen LogP contribution < -0.4 is 19.7 Å². The number of piperazine rings is 1. The first kappa shape index (κ1) is 15.3. The van der Waals surface area contributed by atoms with Crippen LogP contribution in [-0.4, -0.2) is 52.4 Å². The molecule has 26 heavy (non-hydrogen) atoms. The van der Waals surface area contributed by atoms with E-state index >= 15 is 0 Å². The molecule has 1 fully saturated rings. The predicted molar refractivity (Wildman–Crippen MR) is 95.4 cm³/mol. The lowest BCUT2D eigenvalue weighted by Crippen LogP contribution is -2.44. The van der Waals surface area contributed by atoms with Crippen LogP contribution in [0.25, 0.3) is 10.9 Å². The standard InChI is InChI=1S/C18H18N6O2/c1-2-12-10-14(26-18-22-11-13(3-1)15(12)23-18)25-17-16(20-4-5-21-17)24-8-6-19-7-9-24/h1-5,11,14,19H,6-10H2. The maximum Gasteiger partial charge on any atom is 0.320 e. The summed E-state index contributed by atoms with van der Waals surface area (Å²) in [6.45, 7) is 3.56. The third-order valence-electron chi connectivity index (χ3n) is 4.60. The number of nitrogens with one attached hydrogen (secondary N) is 1. The molecule has 2 aliphatic rings. The van der Waals surface area contributed by atoms with Crippen molar-refractivity contribution >= 4 is 16.7 Å². The Bertz CT molecular complexity index is 944. The zero-order chi connectivity index (χ0) is 17.3. The van der Waals surface area contributed by atoms with Crippen LogP contribution in [0.15, 0.2) is 36.8 Å². The minimum atomic E-state index is -0.557. The van der Waals surface area contributed by atoms with Gasteiger partial charge in [-0.15, -0.1) is 0 Å². The summed E-state index contributed by atoms with van der Waals surface area (Å²) in [5.74, 6) is 1.22. The van der Waals surface area contributed by atoms with Crippen molar-refractivity contribution in [3.8, 4) is 11.9 Å². The summed E-state index contributed by atoms with van der Waals surface area (Å²) in [6, 6.07) is 6.35. The van der Waals surface area contributed by atoms with Crippen LogP contribution in [0.2, 0.25) is 0 Å². The van der Waals surface area contributed by atoms with E-state index in [9.17, 15) is 0 Å². The lowest BCUT2D eigenvalue weighted by atomic mass is 10.1. The second kappa shape index (κ2) is 6.38. The molecule has 0 amide bonds. The van der Waals surface area contributed by atoms with E-state index < -0.39 is 6.29 Å². The van der Waals surface area contributed by atoms with Gasteiger partial charge >= 0.3 is 6.01 Å². The largest absolute Gasteiger partial charge is 0.434 e. The van der Waals surface area contributed by atoms with Crippen LogP contribution in [0.5, 0.6) is 11.9 Å². The van der Waals surface area contributed by atoms with Crippen LogP contribution in [0.4, 0.5) is 5.82 Å². The first-order valence-electron chi connectivity index (χ1n) is 8.71. The van der Waals surface area contributed by atoms with E-state index in [1.165, 1.54) is 0 Å². The van der Waals surface area contributed by atoms with E-state index in [1.54, 1.807) is 18.6 Å². The van der Waals surface area contributed by atoms with Gasteiger partial charge in [-0.25, -0.2) is 15.0 Å². The Kier molecular flexibility index (Phi) is 3.75. The molecule has 2 bridgehead atoms. The van der Waals surface area contributed by atoms with Crippen LogP contribution in [-0.2, 0) is 6.42 Å². The Balaban J connectivity index is 1.44. The lowest BCUT2D eigenvalue weighted by Gasteiger charge is -2.29. The summed E-state index contributed by atoms with van der Waals surface area (Å²) in [4.78, 5) is 19.8. The number of nitrogens with zero attached hydrogens (tertiary/aromatic N) is 5. The molecule has 8 heteroatoms. The normalized spacial score (nSPS) is 19.2. The van der Waals surface area contributed by atoms with E-state index in [0.29, 0.717) is 18.3 Å². The van der Waals surface area contributed by atoms with E-state index in [1.807, 2.05) is 18.2 Å². The quantitative estimate of drug-likeness (QED) is 0.753. The predicted octanol–water partition coefficient (Wildman–Crippen LogP) is 1.17. The molecule has 3 aromatic rings. The molecular weight excluding hydrogens is 332 g/mol. The molecule has 2 aromatic heterocycles. The number of rotatable bonds is 3. The highest BCUT2D eigenvalue weighted by Gasteiger charge is 2.25. The molecular formula is C18H18N6O2. The molecule has 0 radical (unpaired) electrons. The van der Waals surface area contributed by atoms with Gasteiger partial charge in [0, 0.05) is 56.6 Å². The van der Waals surface area contributed by atoms with Crippen LogP contribution in [0, 0.1) is 0 Å². The van der Waals surface area contributed by atoms with E-state index in [-0.39, 0.29) is 0 Å². The smallest absolute Gasteiger partial charge is 0.320 e. The Morgan fingerprint density at radius 1 is 1.12 bits per heavy atom. The number of ether oxygens (including phenoxy) is 2.